The number of rotatable bonds is 6. The van der Waals surface area contributed by atoms with Crippen LogP contribution in [0.25, 0.3) is 0 Å². The van der Waals surface area contributed by atoms with Crippen molar-refractivity contribution in [2.45, 2.75) is 39.5 Å². The molecule has 0 spiro atoms. The Kier molecular flexibility index (Phi) is 7.45. The molecular formula is C18H35IN4. The van der Waals surface area contributed by atoms with Crippen molar-refractivity contribution in [3.05, 3.63) is 0 Å². The molecule has 3 rings (SSSR count). The molecule has 0 aromatic carbocycles. The first-order valence-corrected chi connectivity index (χ1v) is 9.35. The van der Waals surface area contributed by atoms with E-state index < -0.39 is 0 Å². The van der Waals surface area contributed by atoms with Gasteiger partial charge >= 0.3 is 0 Å². The van der Waals surface area contributed by atoms with Gasteiger partial charge in [-0.25, -0.2) is 0 Å². The van der Waals surface area contributed by atoms with E-state index in [0.717, 1.165) is 49.3 Å². The summed E-state index contributed by atoms with van der Waals surface area (Å²) in [5, 5.41) is 3.69. The number of nitrogens with zero attached hydrogens (tertiary/aromatic N) is 3. The minimum absolute atomic E-state index is 0. The second-order valence-electron chi connectivity index (χ2n) is 7.95. The Morgan fingerprint density at radius 3 is 2.04 bits per heavy atom. The van der Waals surface area contributed by atoms with Crippen molar-refractivity contribution >= 4 is 29.9 Å². The van der Waals surface area contributed by atoms with Crippen molar-refractivity contribution in [3.63, 3.8) is 0 Å². The van der Waals surface area contributed by atoms with Crippen LogP contribution in [-0.2, 0) is 0 Å². The molecule has 2 aliphatic carbocycles. The fraction of sp³-hybridized carbons (Fsp3) is 0.944. The van der Waals surface area contributed by atoms with Crippen LogP contribution in [0.5, 0.6) is 0 Å². The lowest BCUT2D eigenvalue weighted by Gasteiger charge is -2.37. The van der Waals surface area contributed by atoms with E-state index in [1.165, 1.54) is 45.3 Å². The van der Waals surface area contributed by atoms with E-state index in [2.05, 4.69) is 34.0 Å². The summed E-state index contributed by atoms with van der Waals surface area (Å²) in [6.07, 6.45) is 5.87. The first-order chi connectivity index (χ1) is 10.7. The third kappa shape index (κ3) is 5.76. The highest BCUT2D eigenvalue weighted by Gasteiger charge is 2.41. The smallest absolute Gasteiger partial charge is 0.193 e. The molecule has 3 aliphatic rings. The Labute approximate surface area is 159 Å². The predicted molar refractivity (Wildman–Crippen MR) is 109 cm³/mol. The van der Waals surface area contributed by atoms with Gasteiger partial charge in [0, 0.05) is 46.3 Å². The molecule has 4 nitrogen and oxygen atoms in total. The van der Waals surface area contributed by atoms with Gasteiger partial charge in [0.25, 0.3) is 0 Å². The molecule has 1 heterocycles. The van der Waals surface area contributed by atoms with E-state index >= 15 is 0 Å². The molecule has 0 bridgehead atoms. The molecule has 0 aromatic rings. The van der Waals surface area contributed by atoms with Crippen molar-refractivity contribution in [1.82, 2.24) is 15.1 Å². The highest BCUT2D eigenvalue weighted by Crippen LogP contribution is 2.48. The standard InChI is InChI=1S/C18H34N4.HI/c1-14(2)13-21-8-10-22(11-9-21)18(19-3)20-12-17(15-4-5-15)16-6-7-16;/h14-17H,4-13H2,1-3H3,(H,19,20);1H. The maximum Gasteiger partial charge on any atom is 0.193 e. The fourth-order valence-electron chi connectivity index (χ4n) is 3.97. The first kappa shape index (κ1) is 19.3. The molecule has 0 unspecified atom stereocenters. The molecule has 0 atom stereocenters. The van der Waals surface area contributed by atoms with Crippen molar-refractivity contribution in [3.8, 4) is 0 Å². The SMILES string of the molecule is CN=C(NCC(C1CC1)C1CC1)N1CCN(CC(C)C)CC1.I. The number of piperazine rings is 1. The van der Waals surface area contributed by atoms with Crippen molar-refractivity contribution < 1.29 is 0 Å². The average Bonchev–Trinajstić information content (AvgIpc) is 3.38. The van der Waals surface area contributed by atoms with Gasteiger partial charge < -0.3 is 10.2 Å². The molecule has 1 N–H and O–H groups in total. The zero-order valence-electron chi connectivity index (χ0n) is 15.1. The van der Waals surface area contributed by atoms with Gasteiger partial charge in [-0.1, -0.05) is 13.8 Å². The van der Waals surface area contributed by atoms with Crippen molar-refractivity contribution in [1.29, 1.82) is 0 Å². The van der Waals surface area contributed by atoms with Gasteiger partial charge in [0.05, 0.1) is 0 Å². The molecule has 5 heteroatoms. The zero-order chi connectivity index (χ0) is 15.5. The van der Waals surface area contributed by atoms with E-state index in [9.17, 15) is 0 Å². The van der Waals surface area contributed by atoms with Crippen molar-refractivity contribution in [2.75, 3.05) is 46.3 Å². The Hall–Kier alpha value is -0.0400. The number of nitrogens with one attached hydrogen (secondary N) is 1. The quantitative estimate of drug-likeness (QED) is 0.396. The number of hydrogen-bond acceptors (Lipinski definition) is 2. The summed E-state index contributed by atoms with van der Waals surface area (Å²) in [4.78, 5) is 9.58. The summed E-state index contributed by atoms with van der Waals surface area (Å²) in [6, 6.07) is 0. The minimum Gasteiger partial charge on any atom is -0.356 e. The summed E-state index contributed by atoms with van der Waals surface area (Å²) < 4.78 is 0. The Morgan fingerprint density at radius 1 is 1.04 bits per heavy atom. The van der Waals surface area contributed by atoms with E-state index in [-0.39, 0.29) is 24.0 Å². The lowest BCUT2D eigenvalue weighted by molar-refractivity contribution is 0.163. The normalized spacial score (nSPS) is 23.3. The molecule has 0 radical (unpaired) electrons. The van der Waals surface area contributed by atoms with Crippen LogP contribution >= 0.6 is 24.0 Å². The summed E-state index contributed by atoms with van der Waals surface area (Å²) in [5.74, 6) is 4.85. The Bertz CT molecular complexity index is 370. The van der Waals surface area contributed by atoms with E-state index in [1.54, 1.807) is 0 Å². The van der Waals surface area contributed by atoms with Gasteiger partial charge in [0.15, 0.2) is 5.96 Å². The number of halogens is 1. The van der Waals surface area contributed by atoms with Crippen LogP contribution in [0, 0.1) is 23.7 Å². The largest absolute Gasteiger partial charge is 0.356 e. The third-order valence-electron chi connectivity index (χ3n) is 5.46. The molecule has 23 heavy (non-hydrogen) atoms. The fourth-order valence-corrected chi connectivity index (χ4v) is 3.97. The molecule has 2 saturated carbocycles. The minimum atomic E-state index is 0. The monoisotopic (exact) mass is 434 g/mol. The maximum absolute atomic E-state index is 4.54. The van der Waals surface area contributed by atoms with Crippen LogP contribution in [0.15, 0.2) is 4.99 Å². The van der Waals surface area contributed by atoms with Gasteiger partial charge in [-0.15, -0.1) is 24.0 Å². The van der Waals surface area contributed by atoms with Gasteiger partial charge in [-0.2, -0.15) is 0 Å². The van der Waals surface area contributed by atoms with E-state index in [1.807, 2.05) is 7.05 Å². The summed E-state index contributed by atoms with van der Waals surface area (Å²) >= 11 is 0. The van der Waals surface area contributed by atoms with Gasteiger partial charge in [0.1, 0.15) is 0 Å². The summed E-state index contributed by atoms with van der Waals surface area (Å²) in [7, 11) is 1.94. The van der Waals surface area contributed by atoms with Crippen LogP contribution in [0.1, 0.15) is 39.5 Å². The molecule has 3 fully saturated rings. The molecule has 0 aromatic heterocycles. The Morgan fingerprint density at radius 2 is 1.61 bits per heavy atom. The maximum atomic E-state index is 4.54. The zero-order valence-corrected chi connectivity index (χ0v) is 17.5. The molecule has 1 aliphatic heterocycles. The average molecular weight is 434 g/mol. The number of guanidine groups is 1. The topological polar surface area (TPSA) is 30.9 Å². The van der Waals surface area contributed by atoms with E-state index in [4.69, 9.17) is 0 Å². The van der Waals surface area contributed by atoms with Crippen LogP contribution in [0.4, 0.5) is 0 Å². The lowest BCUT2D eigenvalue weighted by Crippen LogP contribution is -2.53. The molecule has 1 saturated heterocycles. The lowest BCUT2D eigenvalue weighted by atomic mass is 9.98. The molecule has 0 amide bonds. The van der Waals surface area contributed by atoms with Gasteiger partial charge in [0.2, 0.25) is 0 Å². The molecule has 134 valence electrons. The predicted octanol–water partition coefficient (Wildman–Crippen LogP) is 2.89. The second-order valence-corrected chi connectivity index (χ2v) is 7.95. The second kappa shape index (κ2) is 8.88. The molecular weight excluding hydrogens is 399 g/mol. The van der Waals surface area contributed by atoms with Crippen molar-refractivity contribution in [2.24, 2.45) is 28.7 Å². The van der Waals surface area contributed by atoms with Crippen LogP contribution in [0.2, 0.25) is 0 Å². The summed E-state index contributed by atoms with van der Waals surface area (Å²) in [5.41, 5.74) is 0. The Balaban J connectivity index is 0.00000192. The third-order valence-corrected chi connectivity index (χ3v) is 5.46. The summed E-state index contributed by atoms with van der Waals surface area (Å²) in [6.45, 7) is 11.6. The highest BCUT2D eigenvalue weighted by atomic mass is 127. The number of aliphatic imine (C=N–C) groups is 1. The van der Waals surface area contributed by atoms with Gasteiger partial charge in [-0.3, -0.25) is 9.89 Å². The van der Waals surface area contributed by atoms with Gasteiger partial charge in [-0.05, 0) is 49.4 Å². The van der Waals surface area contributed by atoms with E-state index in [0.29, 0.717) is 0 Å². The van der Waals surface area contributed by atoms with Crippen LogP contribution in [-0.4, -0.2) is 62.1 Å². The highest BCUT2D eigenvalue weighted by molar-refractivity contribution is 14.0. The van der Waals surface area contributed by atoms with Crippen LogP contribution in [0.3, 0.4) is 0 Å². The first-order valence-electron chi connectivity index (χ1n) is 9.35. The van der Waals surface area contributed by atoms with Crippen LogP contribution < -0.4 is 5.32 Å². The number of hydrogen-bond donors (Lipinski definition) is 1.